The molecule has 0 fully saturated rings. The summed E-state index contributed by atoms with van der Waals surface area (Å²) >= 11 is 0. The number of nitrogens with zero attached hydrogens (tertiary/aromatic N) is 1. The van der Waals surface area contributed by atoms with Gasteiger partial charge in [-0.1, -0.05) is 26.0 Å². The average Bonchev–Trinajstić information content (AvgIpc) is 2.43. The van der Waals surface area contributed by atoms with E-state index in [1.807, 2.05) is 7.05 Å². The first-order valence-corrected chi connectivity index (χ1v) is 5.45. The summed E-state index contributed by atoms with van der Waals surface area (Å²) in [6.07, 6.45) is 1.05. The molecule has 2 nitrogen and oxygen atoms in total. The van der Waals surface area contributed by atoms with Crippen LogP contribution in [0.4, 0.5) is 0 Å². The lowest BCUT2D eigenvalue weighted by Gasteiger charge is -2.06. The van der Waals surface area contributed by atoms with Crippen LogP contribution >= 0.6 is 0 Å². The van der Waals surface area contributed by atoms with Gasteiger partial charge >= 0.3 is 0 Å². The number of carbonyl (C=O) groups is 1. The van der Waals surface area contributed by atoms with E-state index in [2.05, 4.69) is 32.0 Å². The van der Waals surface area contributed by atoms with E-state index in [-0.39, 0.29) is 5.91 Å². The third kappa shape index (κ3) is 1.89. The number of rotatable bonds is 2. The van der Waals surface area contributed by atoms with Gasteiger partial charge in [0, 0.05) is 19.2 Å². The maximum atomic E-state index is 11.8. The Morgan fingerprint density at radius 2 is 2.13 bits per heavy atom. The third-order valence-electron chi connectivity index (χ3n) is 2.80. The van der Waals surface area contributed by atoms with Gasteiger partial charge in [0.05, 0.1) is 0 Å². The van der Waals surface area contributed by atoms with Crippen molar-refractivity contribution in [3.05, 3.63) is 34.9 Å². The van der Waals surface area contributed by atoms with Crippen LogP contribution < -0.4 is 0 Å². The Balaban J connectivity index is 2.31. The van der Waals surface area contributed by atoms with Crippen LogP contribution in [-0.2, 0) is 13.0 Å². The van der Waals surface area contributed by atoms with E-state index in [0.717, 1.165) is 24.1 Å². The largest absolute Gasteiger partial charge is 0.337 e. The smallest absolute Gasteiger partial charge is 0.254 e. The normalized spacial score (nSPS) is 14.9. The topological polar surface area (TPSA) is 20.3 Å². The fourth-order valence-corrected chi connectivity index (χ4v) is 2.09. The highest BCUT2D eigenvalue weighted by atomic mass is 16.2. The molecule has 2 rings (SSSR count). The Kier molecular flexibility index (Phi) is 2.51. The van der Waals surface area contributed by atoms with Crippen LogP contribution in [0.5, 0.6) is 0 Å². The van der Waals surface area contributed by atoms with Gasteiger partial charge in [-0.05, 0) is 29.5 Å². The lowest BCUT2D eigenvalue weighted by molar-refractivity contribution is 0.0816. The Hall–Kier alpha value is -1.31. The van der Waals surface area contributed by atoms with Gasteiger partial charge in [0.25, 0.3) is 5.91 Å². The van der Waals surface area contributed by atoms with Crippen LogP contribution in [0.1, 0.15) is 35.3 Å². The summed E-state index contributed by atoms with van der Waals surface area (Å²) in [5.74, 6) is 0.799. The first-order valence-electron chi connectivity index (χ1n) is 5.45. The second kappa shape index (κ2) is 3.69. The lowest BCUT2D eigenvalue weighted by atomic mass is 9.99. The van der Waals surface area contributed by atoms with Gasteiger partial charge < -0.3 is 4.90 Å². The van der Waals surface area contributed by atoms with Gasteiger partial charge in [-0.25, -0.2) is 0 Å². The van der Waals surface area contributed by atoms with E-state index in [1.165, 1.54) is 5.56 Å². The number of benzene rings is 1. The van der Waals surface area contributed by atoms with Gasteiger partial charge in [0.2, 0.25) is 0 Å². The molecule has 1 aliphatic heterocycles. The van der Waals surface area contributed by atoms with Crippen LogP contribution in [0, 0.1) is 5.92 Å². The third-order valence-corrected chi connectivity index (χ3v) is 2.80. The summed E-state index contributed by atoms with van der Waals surface area (Å²) in [6.45, 7) is 5.15. The highest BCUT2D eigenvalue weighted by Crippen LogP contribution is 2.23. The molecule has 0 aromatic heterocycles. The summed E-state index contributed by atoms with van der Waals surface area (Å²) < 4.78 is 0. The van der Waals surface area contributed by atoms with Crippen molar-refractivity contribution in [3.63, 3.8) is 0 Å². The molecule has 0 unspecified atom stereocenters. The molecule has 0 aliphatic carbocycles. The van der Waals surface area contributed by atoms with Gasteiger partial charge in [-0.15, -0.1) is 0 Å². The molecule has 1 amide bonds. The van der Waals surface area contributed by atoms with E-state index in [1.54, 1.807) is 4.90 Å². The molecule has 0 spiro atoms. The molecule has 1 aromatic carbocycles. The molecule has 0 atom stereocenters. The summed E-state index contributed by atoms with van der Waals surface area (Å²) in [6, 6.07) is 6.29. The van der Waals surface area contributed by atoms with Crippen molar-refractivity contribution in [2.75, 3.05) is 7.05 Å². The first-order chi connectivity index (χ1) is 7.08. The molecule has 0 radical (unpaired) electrons. The van der Waals surface area contributed by atoms with Crippen molar-refractivity contribution in [1.82, 2.24) is 4.90 Å². The van der Waals surface area contributed by atoms with Crippen molar-refractivity contribution in [2.45, 2.75) is 26.8 Å². The second-order valence-electron chi connectivity index (χ2n) is 4.75. The van der Waals surface area contributed by atoms with E-state index in [9.17, 15) is 4.79 Å². The van der Waals surface area contributed by atoms with Gasteiger partial charge in [-0.3, -0.25) is 4.79 Å². The van der Waals surface area contributed by atoms with Crippen molar-refractivity contribution in [3.8, 4) is 0 Å². The Morgan fingerprint density at radius 1 is 1.40 bits per heavy atom. The minimum Gasteiger partial charge on any atom is -0.337 e. The van der Waals surface area contributed by atoms with Gasteiger partial charge in [0.15, 0.2) is 0 Å². The molecule has 2 heteroatoms. The zero-order valence-corrected chi connectivity index (χ0v) is 9.58. The average molecular weight is 203 g/mol. The molecule has 1 aromatic rings. The highest BCUT2D eigenvalue weighted by Gasteiger charge is 2.24. The zero-order chi connectivity index (χ0) is 11.0. The number of hydrogen-bond donors (Lipinski definition) is 0. The number of amides is 1. The molecule has 0 bridgehead atoms. The molecule has 0 saturated carbocycles. The summed E-state index contributed by atoms with van der Waals surface area (Å²) in [4.78, 5) is 13.5. The fraction of sp³-hybridized carbons (Fsp3) is 0.462. The minimum absolute atomic E-state index is 0.163. The highest BCUT2D eigenvalue weighted by molar-refractivity contribution is 5.98. The van der Waals surface area contributed by atoms with Crippen LogP contribution in [0.3, 0.4) is 0 Å². The predicted octanol–water partition coefficient (Wildman–Crippen LogP) is 2.47. The van der Waals surface area contributed by atoms with Crippen LogP contribution in [0.2, 0.25) is 0 Å². The number of fused-ring (bicyclic) bond motifs is 1. The molecule has 80 valence electrons. The zero-order valence-electron chi connectivity index (χ0n) is 9.58. The Labute approximate surface area is 90.9 Å². The maximum Gasteiger partial charge on any atom is 0.254 e. The van der Waals surface area contributed by atoms with E-state index in [4.69, 9.17) is 0 Å². The van der Waals surface area contributed by atoms with Gasteiger partial charge in [-0.2, -0.15) is 0 Å². The van der Waals surface area contributed by atoms with Crippen molar-refractivity contribution in [1.29, 1.82) is 0 Å². The fourth-order valence-electron chi connectivity index (χ4n) is 2.09. The summed E-state index contributed by atoms with van der Waals surface area (Å²) in [5, 5.41) is 0. The molecule has 15 heavy (non-hydrogen) atoms. The Morgan fingerprint density at radius 3 is 2.80 bits per heavy atom. The minimum atomic E-state index is 0.163. The van der Waals surface area contributed by atoms with E-state index >= 15 is 0 Å². The number of carbonyl (C=O) groups excluding carboxylic acids is 1. The van der Waals surface area contributed by atoms with E-state index in [0.29, 0.717) is 5.92 Å². The van der Waals surface area contributed by atoms with Crippen LogP contribution in [0.25, 0.3) is 0 Å². The van der Waals surface area contributed by atoms with Crippen molar-refractivity contribution >= 4 is 5.91 Å². The van der Waals surface area contributed by atoms with Crippen molar-refractivity contribution in [2.24, 2.45) is 5.92 Å². The first kappa shape index (κ1) is 10.2. The monoisotopic (exact) mass is 203 g/mol. The summed E-state index contributed by atoms with van der Waals surface area (Å²) in [5.41, 5.74) is 3.33. The Bertz CT molecular complexity index is 396. The quantitative estimate of drug-likeness (QED) is 0.723. The standard InChI is InChI=1S/C13H17NO/c1-9(2)6-10-4-5-11-8-14(3)13(15)12(11)7-10/h4-5,7,9H,6,8H2,1-3H3. The molecule has 1 heterocycles. The summed E-state index contributed by atoms with van der Waals surface area (Å²) in [7, 11) is 1.85. The van der Waals surface area contributed by atoms with Crippen LogP contribution in [-0.4, -0.2) is 17.9 Å². The predicted molar refractivity (Wildman–Crippen MR) is 60.8 cm³/mol. The lowest BCUT2D eigenvalue weighted by Crippen LogP contribution is -2.17. The van der Waals surface area contributed by atoms with Crippen molar-refractivity contribution < 1.29 is 4.79 Å². The van der Waals surface area contributed by atoms with Gasteiger partial charge in [0.1, 0.15) is 0 Å². The van der Waals surface area contributed by atoms with E-state index < -0.39 is 0 Å². The molecular formula is C13H17NO. The molecule has 0 saturated heterocycles. The SMILES string of the molecule is CC(C)Cc1ccc2c(c1)C(=O)N(C)C2. The van der Waals surface area contributed by atoms with Crippen LogP contribution in [0.15, 0.2) is 18.2 Å². The second-order valence-corrected chi connectivity index (χ2v) is 4.75. The molecule has 1 aliphatic rings. The molecular weight excluding hydrogens is 186 g/mol. The maximum absolute atomic E-state index is 11.8. The molecule has 0 N–H and O–H groups in total. The number of hydrogen-bond acceptors (Lipinski definition) is 1.